The molecule has 0 aliphatic carbocycles. The van der Waals surface area contributed by atoms with Gasteiger partial charge in [0.15, 0.2) is 0 Å². The highest BCUT2D eigenvalue weighted by Crippen LogP contribution is 2.25. The average molecular weight is 330 g/mol. The predicted molar refractivity (Wildman–Crippen MR) is 90.3 cm³/mol. The van der Waals surface area contributed by atoms with Crippen molar-refractivity contribution in [2.45, 2.75) is 13.5 Å². The Morgan fingerprint density at radius 2 is 2.00 bits per heavy atom. The van der Waals surface area contributed by atoms with E-state index in [1.165, 1.54) is 0 Å². The fourth-order valence-electron chi connectivity index (χ4n) is 2.36. The lowest BCUT2D eigenvalue weighted by atomic mass is 10.1. The van der Waals surface area contributed by atoms with Gasteiger partial charge in [-0.1, -0.05) is 0 Å². The smallest absolute Gasteiger partial charge is 0.255 e. The van der Waals surface area contributed by atoms with Crippen LogP contribution in [-0.4, -0.2) is 48.3 Å². The van der Waals surface area contributed by atoms with Gasteiger partial charge in [0, 0.05) is 30.5 Å². The van der Waals surface area contributed by atoms with Gasteiger partial charge in [-0.2, -0.15) is 0 Å². The third-order valence-electron chi connectivity index (χ3n) is 3.66. The summed E-state index contributed by atoms with van der Waals surface area (Å²) in [5.41, 5.74) is 2.13. The van der Waals surface area contributed by atoms with Crippen molar-refractivity contribution in [3.8, 4) is 11.5 Å². The predicted octanol–water partition coefficient (Wildman–Crippen LogP) is 2.04. The molecule has 6 nitrogen and oxygen atoms in total. The molecule has 0 aliphatic rings. The minimum atomic E-state index is -0.193. The molecule has 1 heterocycles. The van der Waals surface area contributed by atoms with Crippen molar-refractivity contribution in [1.29, 1.82) is 0 Å². The van der Waals surface area contributed by atoms with Crippen LogP contribution in [0.1, 0.15) is 21.6 Å². The minimum absolute atomic E-state index is 0.128. The van der Waals surface area contributed by atoms with Crippen molar-refractivity contribution in [2.24, 2.45) is 0 Å². The maximum Gasteiger partial charge on any atom is 0.255 e. The topological polar surface area (TPSA) is 71.9 Å². The Hall–Kier alpha value is -2.60. The average Bonchev–Trinajstić information content (AvgIpc) is 2.61. The Labute approximate surface area is 141 Å². The molecule has 6 heteroatoms. The van der Waals surface area contributed by atoms with Gasteiger partial charge < -0.3 is 19.5 Å². The Kier molecular flexibility index (Phi) is 6.14. The number of aryl methyl sites for hydroxylation is 1. The quantitative estimate of drug-likeness (QED) is 0.841. The van der Waals surface area contributed by atoms with Crippen molar-refractivity contribution in [3.05, 3.63) is 53.3 Å². The second-order valence-electron chi connectivity index (χ2n) is 5.32. The van der Waals surface area contributed by atoms with E-state index in [1.807, 2.05) is 13.0 Å². The molecule has 0 radical (unpaired) electrons. The number of hydrogen-bond acceptors (Lipinski definition) is 5. The third kappa shape index (κ3) is 4.23. The summed E-state index contributed by atoms with van der Waals surface area (Å²) in [6.07, 6.45) is 1.55. The number of rotatable bonds is 7. The van der Waals surface area contributed by atoms with Crippen molar-refractivity contribution in [3.63, 3.8) is 0 Å². The van der Waals surface area contributed by atoms with Crippen LogP contribution in [0.15, 0.2) is 36.5 Å². The van der Waals surface area contributed by atoms with Crippen LogP contribution < -0.4 is 9.47 Å². The van der Waals surface area contributed by atoms with Crippen molar-refractivity contribution < 1.29 is 19.4 Å². The number of aliphatic hydroxyl groups is 1. The van der Waals surface area contributed by atoms with E-state index in [1.54, 1.807) is 49.6 Å². The van der Waals surface area contributed by atoms with E-state index in [0.29, 0.717) is 23.6 Å². The van der Waals surface area contributed by atoms with Gasteiger partial charge in [-0.05, 0) is 37.3 Å². The number of carbonyl (C=O) groups excluding carboxylic acids is 1. The summed E-state index contributed by atoms with van der Waals surface area (Å²) in [5, 5.41) is 9.32. The molecule has 0 atom stereocenters. The number of carbonyl (C=O) groups is 1. The monoisotopic (exact) mass is 330 g/mol. The summed E-state index contributed by atoms with van der Waals surface area (Å²) in [7, 11) is 3.16. The highest BCUT2D eigenvalue weighted by atomic mass is 16.5. The molecule has 0 unspecified atom stereocenters. The van der Waals surface area contributed by atoms with E-state index in [-0.39, 0.29) is 19.1 Å². The normalized spacial score (nSPS) is 10.3. The van der Waals surface area contributed by atoms with Crippen LogP contribution in [0.25, 0.3) is 0 Å². The molecule has 0 fully saturated rings. The van der Waals surface area contributed by atoms with Crippen LogP contribution in [0.2, 0.25) is 0 Å². The van der Waals surface area contributed by atoms with Crippen molar-refractivity contribution in [1.82, 2.24) is 9.88 Å². The number of benzene rings is 1. The summed E-state index contributed by atoms with van der Waals surface area (Å²) >= 11 is 0. The van der Waals surface area contributed by atoms with Crippen LogP contribution >= 0.6 is 0 Å². The van der Waals surface area contributed by atoms with Crippen LogP contribution in [0.4, 0.5) is 0 Å². The molecule has 2 rings (SSSR count). The van der Waals surface area contributed by atoms with Crippen LogP contribution in [0, 0.1) is 6.92 Å². The number of nitrogens with zero attached hydrogens (tertiary/aromatic N) is 2. The number of aromatic nitrogens is 1. The summed E-state index contributed by atoms with van der Waals surface area (Å²) in [5.74, 6) is 1.15. The second-order valence-corrected chi connectivity index (χ2v) is 5.32. The van der Waals surface area contributed by atoms with Gasteiger partial charge in [0.05, 0.1) is 26.4 Å². The fourth-order valence-corrected chi connectivity index (χ4v) is 2.36. The SMILES string of the molecule is COc1ccc(OC)c(CN(CCO)C(=O)c2ccc(C)nc2)c1. The largest absolute Gasteiger partial charge is 0.497 e. The van der Waals surface area contributed by atoms with Gasteiger partial charge in [0.25, 0.3) is 5.91 Å². The third-order valence-corrected chi connectivity index (χ3v) is 3.66. The van der Waals surface area contributed by atoms with Crippen LogP contribution in [-0.2, 0) is 6.54 Å². The van der Waals surface area contributed by atoms with Crippen LogP contribution in [0.5, 0.6) is 11.5 Å². The van der Waals surface area contributed by atoms with E-state index < -0.39 is 0 Å². The Morgan fingerprint density at radius 1 is 1.21 bits per heavy atom. The molecule has 0 saturated heterocycles. The van der Waals surface area contributed by atoms with Gasteiger partial charge in [-0.25, -0.2) is 0 Å². The number of aliphatic hydroxyl groups excluding tert-OH is 1. The highest BCUT2D eigenvalue weighted by molar-refractivity contribution is 5.93. The lowest BCUT2D eigenvalue weighted by Gasteiger charge is -2.23. The number of hydrogen-bond donors (Lipinski definition) is 1. The molecule has 0 saturated carbocycles. The molecular weight excluding hydrogens is 308 g/mol. The van der Waals surface area contributed by atoms with Crippen molar-refractivity contribution >= 4 is 5.91 Å². The van der Waals surface area contributed by atoms with Crippen molar-refractivity contribution in [2.75, 3.05) is 27.4 Å². The van der Waals surface area contributed by atoms with E-state index in [0.717, 1.165) is 11.3 Å². The first kappa shape index (κ1) is 17.7. The molecule has 0 aliphatic heterocycles. The lowest BCUT2D eigenvalue weighted by Crippen LogP contribution is -2.33. The zero-order valence-corrected chi connectivity index (χ0v) is 14.2. The van der Waals surface area contributed by atoms with Crippen LogP contribution in [0.3, 0.4) is 0 Å². The molecule has 1 N–H and O–H groups in total. The molecule has 1 aromatic heterocycles. The summed E-state index contributed by atoms with van der Waals surface area (Å²) in [4.78, 5) is 18.4. The number of pyridine rings is 1. The molecule has 128 valence electrons. The standard InChI is InChI=1S/C18H22N2O4/c1-13-4-5-14(11-19-13)18(22)20(8-9-21)12-15-10-16(23-2)6-7-17(15)24-3/h4-7,10-11,21H,8-9,12H2,1-3H3. The number of methoxy groups -OCH3 is 2. The molecule has 0 spiro atoms. The van der Waals surface area contributed by atoms with Gasteiger partial charge >= 0.3 is 0 Å². The molecule has 2 aromatic rings. The second kappa shape index (κ2) is 8.31. The van der Waals surface area contributed by atoms with E-state index in [2.05, 4.69) is 4.98 Å². The van der Waals surface area contributed by atoms with Gasteiger partial charge in [0.1, 0.15) is 11.5 Å². The maximum absolute atomic E-state index is 12.7. The molecule has 0 bridgehead atoms. The minimum Gasteiger partial charge on any atom is -0.497 e. The van der Waals surface area contributed by atoms with E-state index >= 15 is 0 Å². The number of ether oxygens (including phenoxy) is 2. The molecule has 1 aromatic carbocycles. The van der Waals surface area contributed by atoms with E-state index in [4.69, 9.17) is 9.47 Å². The van der Waals surface area contributed by atoms with Gasteiger partial charge in [-0.3, -0.25) is 9.78 Å². The zero-order valence-electron chi connectivity index (χ0n) is 14.2. The first-order valence-corrected chi connectivity index (χ1v) is 7.62. The Morgan fingerprint density at radius 3 is 2.58 bits per heavy atom. The molecular formula is C18H22N2O4. The highest BCUT2D eigenvalue weighted by Gasteiger charge is 2.18. The first-order valence-electron chi connectivity index (χ1n) is 7.62. The summed E-state index contributed by atoms with van der Waals surface area (Å²) < 4.78 is 10.6. The molecule has 1 amide bonds. The number of amides is 1. The molecule has 24 heavy (non-hydrogen) atoms. The summed E-state index contributed by atoms with van der Waals surface area (Å²) in [6.45, 7) is 2.25. The van der Waals surface area contributed by atoms with E-state index in [9.17, 15) is 9.90 Å². The summed E-state index contributed by atoms with van der Waals surface area (Å²) in [6, 6.07) is 8.94. The lowest BCUT2D eigenvalue weighted by molar-refractivity contribution is 0.0706. The van der Waals surface area contributed by atoms with Gasteiger partial charge in [0.2, 0.25) is 0 Å². The zero-order chi connectivity index (χ0) is 17.5. The Balaban J connectivity index is 2.28. The Bertz CT molecular complexity index is 686. The first-order chi connectivity index (χ1) is 11.6. The fraction of sp³-hybridized carbons (Fsp3) is 0.333. The maximum atomic E-state index is 12.7. The van der Waals surface area contributed by atoms with Gasteiger partial charge in [-0.15, -0.1) is 0 Å².